The van der Waals surface area contributed by atoms with Gasteiger partial charge in [0.1, 0.15) is 0 Å². The van der Waals surface area contributed by atoms with Crippen LogP contribution in [0.3, 0.4) is 0 Å². The summed E-state index contributed by atoms with van der Waals surface area (Å²) < 4.78 is 0. The summed E-state index contributed by atoms with van der Waals surface area (Å²) in [7, 11) is 0. The Morgan fingerprint density at radius 1 is 1.16 bits per heavy atom. The molecule has 19 heavy (non-hydrogen) atoms. The zero-order valence-electron chi connectivity index (χ0n) is 11.6. The number of amides is 3. The Balaban J connectivity index is 2.16. The van der Waals surface area contributed by atoms with Gasteiger partial charge in [0, 0.05) is 25.2 Å². The maximum atomic E-state index is 12.4. The second-order valence-corrected chi connectivity index (χ2v) is 4.92. The van der Waals surface area contributed by atoms with E-state index in [1.165, 1.54) is 4.90 Å². The van der Waals surface area contributed by atoms with Gasteiger partial charge in [-0.15, -0.1) is 0 Å². The van der Waals surface area contributed by atoms with E-state index in [1.54, 1.807) is 4.90 Å². The third-order valence-electron chi connectivity index (χ3n) is 3.39. The summed E-state index contributed by atoms with van der Waals surface area (Å²) in [5.74, 6) is -0.0539. The Hall–Kier alpha value is -1.84. The van der Waals surface area contributed by atoms with E-state index in [2.05, 4.69) is 6.92 Å². The highest BCUT2D eigenvalue weighted by atomic mass is 16.2. The molecule has 0 bridgehead atoms. The van der Waals surface area contributed by atoms with Gasteiger partial charge in [-0.25, -0.2) is 4.79 Å². The second kappa shape index (κ2) is 5.87. The van der Waals surface area contributed by atoms with Gasteiger partial charge in [-0.05, 0) is 25.5 Å². The van der Waals surface area contributed by atoms with Crippen molar-refractivity contribution in [3.8, 4) is 0 Å². The Labute approximate surface area is 114 Å². The Kier molecular flexibility index (Phi) is 4.20. The van der Waals surface area contributed by atoms with Gasteiger partial charge in [-0.1, -0.05) is 31.0 Å². The maximum Gasteiger partial charge on any atom is 0.331 e. The number of carbonyl (C=O) groups is 2. The van der Waals surface area contributed by atoms with Crippen LogP contribution in [-0.2, 0) is 4.79 Å². The average molecular weight is 260 g/mol. The molecule has 0 radical (unpaired) electrons. The van der Waals surface area contributed by atoms with Crippen molar-refractivity contribution in [2.24, 2.45) is 0 Å². The quantitative estimate of drug-likeness (QED) is 0.835. The molecule has 0 spiro atoms. The van der Waals surface area contributed by atoms with E-state index in [1.807, 2.05) is 31.2 Å². The van der Waals surface area contributed by atoms with Crippen LogP contribution in [0.5, 0.6) is 0 Å². The summed E-state index contributed by atoms with van der Waals surface area (Å²) in [5, 5.41) is 0. The molecule has 1 aromatic rings. The third-order valence-corrected chi connectivity index (χ3v) is 3.39. The van der Waals surface area contributed by atoms with E-state index < -0.39 is 0 Å². The highest BCUT2D eigenvalue weighted by Gasteiger charge is 2.32. The van der Waals surface area contributed by atoms with Crippen LogP contribution in [0, 0.1) is 6.92 Å². The molecule has 0 aromatic heterocycles. The molecule has 1 saturated heterocycles. The van der Waals surface area contributed by atoms with Crippen molar-refractivity contribution < 1.29 is 9.59 Å². The molecular weight excluding hydrogens is 240 g/mol. The van der Waals surface area contributed by atoms with Crippen LogP contribution in [-0.4, -0.2) is 29.9 Å². The molecule has 102 valence electrons. The number of unbranched alkanes of at least 4 members (excludes halogenated alkanes) is 1. The van der Waals surface area contributed by atoms with Crippen LogP contribution in [0.25, 0.3) is 0 Å². The van der Waals surface area contributed by atoms with Crippen molar-refractivity contribution in [2.45, 2.75) is 33.1 Å². The zero-order chi connectivity index (χ0) is 13.8. The fraction of sp³-hybridized carbons (Fsp3) is 0.467. The minimum Gasteiger partial charge on any atom is -0.293 e. The predicted octanol–water partition coefficient (Wildman–Crippen LogP) is 2.95. The van der Waals surface area contributed by atoms with E-state index in [-0.39, 0.29) is 11.9 Å². The second-order valence-electron chi connectivity index (χ2n) is 4.92. The number of aryl methyl sites for hydroxylation is 1. The topological polar surface area (TPSA) is 40.6 Å². The van der Waals surface area contributed by atoms with Crippen molar-refractivity contribution in [1.82, 2.24) is 4.90 Å². The lowest BCUT2D eigenvalue weighted by Crippen LogP contribution is -2.52. The first-order valence-corrected chi connectivity index (χ1v) is 6.82. The number of imide groups is 1. The van der Waals surface area contributed by atoms with Gasteiger partial charge in [0.2, 0.25) is 5.91 Å². The minimum atomic E-state index is -0.187. The molecular formula is C15H20N2O2. The van der Waals surface area contributed by atoms with Crippen LogP contribution in [0.1, 0.15) is 31.7 Å². The lowest BCUT2D eigenvalue weighted by atomic mass is 10.2. The van der Waals surface area contributed by atoms with E-state index >= 15 is 0 Å². The van der Waals surface area contributed by atoms with Crippen LogP contribution >= 0.6 is 0 Å². The van der Waals surface area contributed by atoms with Gasteiger partial charge < -0.3 is 0 Å². The normalized spacial score (nSPS) is 16.1. The van der Waals surface area contributed by atoms with Crippen molar-refractivity contribution >= 4 is 17.6 Å². The van der Waals surface area contributed by atoms with Crippen molar-refractivity contribution in [2.75, 3.05) is 18.0 Å². The number of carbonyl (C=O) groups excluding carboxylic acids is 2. The van der Waals surface area contributed by atoms with Crippen molar-refractivity contribution in [3.05, 3.63) is 29.8 Å². The smallest absolute Gasteiger partial charge is 0.293 e. The molecule has 1 aromatic carbocycles. The summed E-state index contributed by atoms with van der Waals surface area (Å²) in [6.45, 7) is 5.06. The summed E-state index contributed by atoms with van der Waals surface area (Å²) in [4.78, 5) is 27.3. The lowest BCUT2D eigenvalue weighted by molar-refractivity contribution is -0.128. The molecule has 0 atom stereocenters. The first-order chi connectivity index (χ1) is 9.13. The number of hydrogen-bond acceptors (Lipinski definition) is 2. The predicted molar refractivity (Wildman–Crippen MR) is 75.2 cm³/mol. The van der Waals surface area contributed by atoms with Crippen LogP contribution in [0.2, 0.25) is 0 Å². The van der Waals surface area contributed by atoms with Gasteiger partial charge in [0.05, 0.1) is 0 Å². The lowest BCUT2D eigenvalue weighted by Gasteiger charge is -2.34. The molecule has 1 aliphatic heterocycles. The highest BCUT2D eigenvalue weighted by Crippen LogP contribution is 2.21. The maximum absolute atomic E-state index is 12.4. The number of hydrogen-bond donors (Lipinski definition) is 0. The standard InChI is InChI=1S/C15H20N2O2/c1-3-4-10-17-14(18)9-11-16(15(17)19)13-7-5-12(2)6-8-13/h5-8H,3-4,9-11H2,1-2H3. The molecule has 1 fully saturated rings. The summed E-state index contributed by atoms with van der Waals surface area (Å²) in [6.07, 6.45) is 2.24. The molecule has 3 amide bonds. The first kappa shape index (κ1) is 13.6. The van der Waals surface area contributed by atoms with Crippen LogP contribution in [0.15, 0.2) is 24.3 Å². The molecule has 0 saturated carbocycles. The molecule has 2 rings (SSSR count). The van der Waals surface area contributed by atoms with Gasteiger partial charge in [0.15, 0.2) is 0 Å². The summed E-state index contributed by atoms with van der Waals surface area (Å²) in [5.41, 5.74) is 2.02. The SMILES string of the molecule is CCCCN1C(=O)CCN(c2ccc(C)cc2)C1=O. The third kappa shape index (κ3) is 2.95. The number of benzene rings is 1. The number of rotatable bonds is 4. The van der Waals surface area contributed by atoms with Crippen LogP contribution < -0.4 is 4.90 Å². The Morgan fingerprint density at radius 2 is 1.84 bits per heavy atom. The van der Waals surface area contributed by atoms with Crippen molar-refractivity contribution in [3.63, 3.8) is 0 Å². The van der Waals surface area contributed by atoms with Gasteiger partial charge in [0.25, 0.3) is 0 Å². The molecule has 1 heterocycles. The largest absolute Gasteiger partial charge is 0.331 e. The van der Waals surface area contributed by atoms with Crippen LogP contribution in [0.4, 0.5) is 10.5 Å². The summed E-state index contributed by atoms with van der Waals surface area (Å²) >= 11 is 0. The molecule has 0 aliphatic carbocycles. The van der Waals surface area contributed by atoms with Gasteiger partial charge >= 0.3 is 6.03 Å². The molecule has 1 aliphatic rings. The summed E-state index contributed by atoms with van der Waals surface area (Å²) in [6, 6.07) is 7.64. The van der Waals surface area contributed by atoms with Gasteiger partial charge in [-0.3, -0.25) is 14.6 Å². The number of urea groups is 1. The molecule has 0 unspecified atom stereocenters. The molecule has 0 N–H and O–H groups in total. The Bertz CT molecular complexity index is 468. The van der Waals surface area contributed by atoms with E-state index in [0.717, 1.165) is 24.1 Å². The minimum absolute atomic E-state index is 0.0539. The molecule has 4 heteroatoms. The Morgan fingerprint density at radius 3 is 2.47 bits per heavy atom. The average Bonchev–Trinajstić information content (AvgIpc) is 2.40. The van der Waals surface area contributed by atoms with Crippen molar-refractivity contribution in [1.29, 1.82) is 0 Å². The fourth-order valence-electron chi connectivity index (χ4n) is 2.19. The van der Waals surface area contributed by atoms with E-state index in [9.17, 15) is 9.59 Å². The number of nitrogens with zero attached hydrogens (tertiary/aromatic N) is 2. The zero-order valence-corrected chi connectivity index (χ0v) is 11.6. The highest BCUT2D eigenvalue weighted by molar-refractivity contribution is 6.05. The number of anilines is 1. The molecule has 4 nitrogen and oxygen atoms in total. The monoisotopic (exact) mass is 260 g/mol. The van der Waals surface area contributed by atoms with Gasteiger partial charge in [-0.2, -0.15) is 0 Å². The first-order valence-electron chi connectivity index (χ1n) is 6.82. The fourth-order valence-corrected chi connectivity index (χ4v) is 2.19. The van der Waals surface area contributed by atoms with E-state index in [0.29, 0.717) is 19.5 Å². The van der Waals surface area contributed by atoms with E-state index in [4.69, 9.17) is 0 Å².